The van der Waals surface area contributed by atoms with Crippen molar-refractivity contribution in [2.45, 2.75) is 0 Å². The summed E-state index contributed by atoms with van der Waals surface area (Å²) in [5, 5.41) is 2.97. The van der Waals surface area contributed by atoms with Crippen LogP contribution in [0.1, 0.15) is 0 Å². The van der Waals surface area contributed by atoms with Gasteiger partial charge in [-0.05, 0) is 14.1 Å². The van der Waals surface area contributed by atoms with Gasteiger partial charge in [0.15, 0.2) is 0 Å². The maximum absolute atomic E-state index is 11.2. The Labute approximate surface area is 67.2 Å². The molecule has 1 rings (SSSR count). The summed E-state index contributed by atoms with van der Waals surface area (Å²) in [5.41, 5.74) is 0. The molecule has 1 aliphatic rings. The average Bonchev–Trinajstić information content (AvgIpc) is 1.95. The average molecular weight is 157 g/mol. The summed E-state index contributed by atoms with van der Waals surface area (Å²) in [7, 11) is 3.82. The fraction of sp³-hybridized carbons (Fsp3) is 0.857. The Bertz CT molecular complexity index is 149. The van der Waals surface area contributed by atoms with Crippen LogP contribution in [-0.4, -0.2) is 56.1 Å². The highest BCUT2D eigenvalue weighted by atomic mass is 16.2. The molecule has 64 valence electrons. The molecule has 0 atom stereocenters. The van der Waals surface area contributed by atoms with Crippen LogP contribution < -0.4 is 5.32 Å². The first-order valence-corrected chi connectivity index (χ1v) is 3.85. The van der Waals surface area contributed by atoms with E-state index in [4.69, 9.17) is 0 Å². The van der Waals surface area contributed by atoms with Crippen LogP contribution in [0.5, 0.6) is 0 Å². The summed E-state index contributed by atoms with van der Waals surface area (Å²) in [6.45, 7) is 3.05. The van der Waals surface area contributed by atoms with E-state index in [0.717, 1.165) is 13.1 Å². The van der Waals surface area contributed by atoms with Crippen LogP contribution in [0.3, 0.4) is 0 Å². The van der Waals surface area contributed by atoms with E-state index in [1.165, 1.54) is 0 Å². The third kappa shape index (κ3) is 2.17. The summed E-state index contributed by atoms with van der Waals surface area (Å²) in [5.74, 6) is 0.216. The van der Waals surface area contributed by atoms with Crippen molar-refractivity contribution in [3.05, 3.63) is 0 Å². The highest BCUT2D eigenvalue weighted by molar-refractivity contribution is 5.78. The fourth-order valence-corrected chi connectivity index (χ4v) is 1.18. The number of hydrogen-bond acceptors (Lipinski definition) is 3. The predicted molar refractivity (Wildman–Crippen MR) is 43.1 cm³/mol. The number of rotatable bonds is 2. The van der Waals surface area contributed by atoms with Crippen molar-refractivity contribution in [3.63, 3.8) is 0 Å². The Morgan fingerprint density at radius 1 is 1.55 bits per heavy atom. The number of nitrogens with one attached hydrogen (secondary N) is 1. The third-order valence-electron chi connectivity index (χ3n) is 1.86. The van der Waals surface area contributed by atoms with E-state index in [9.17, 15) is 4.79 Å². The Morgan fingerprint density at radius 2 is 2.27 bits per heavy atom. The zero-order chi connectivity index (χ0) is 8.27. The lowest BCUT2D eigenvalue weighted by Crippen LogP contribution is -2.51. The summed E-state index contributed by atoms with van der Waals surface area (Å²) in [4.78, 5) is 15.1. The zero-order valence-corrected chi connectivity index (χ0v) is 7.13. The van der Waals surface area contributed by atoms with Crippen molar-refractivity contribution in [1.29, 1.82) is 0 Å². The number of carbonyl (C=O) groups excluding carboxylic acids is 1. The van der Waals surface area contributed by atoms with Gasteiger partial charge in [0.2, 0.25) is 5.91 Å². The van der Waals surface area contributed by atoms with Gasteiger partial charge in [0.05, 0.1) is 13.2 Å². The topological polar surface area (TPSA) is 35.6 Å². The minimum Gasteiger partial charge on any atom is -0.328 e. The van der Waals surface area contributed by atoms with Crippen LogP contribution in [-0.2, 0) is 4.79 Å². The molecule has 1 fully saturated rings. The van der Waals surface area contributed by atoms with Gasteiger partial charge >= 0.3 is 0 Å². The number of nitrogens with zero attached hydrogens (tertiary/aromatic N) is 2. The molecule has 0 saturated carbocycles. The molecule has 4 heteroatoms. The monoisotopic (exact) mass is 157 g/mol. The van der Waals surface area contributed by atoms with Crippen molar-refractivity contribution in [2.24, 2.45) is 0 Å². The molecule has 1 heterocycles. The van der Waals surface area contributed by atoms with Crippen LogP contribution in [0, 0.1) is 0 Å². The summed E-state index contributed by atoms with van der Waals surface area (Å²) in [6, 6.07) is 0. The van der Waals surface area contributed by atoms with Gasteiger partial charge in [0.1, 0.15) is 0 Å². The maximum atomic E-state index is 11.2. The van der Waals surface area contributed by atoms with Gasteiger partial charge in [0, 0.05) is 13.1 Å². The molecule has 1 saturated heterocycles. The maximum Gasteiger partial charge on any atom is 0.237 e. The summed E-state index contributed by atoms with van der Waals surface area (Å²) >= 11 is 0. The standard InChI is InChI=1S/C7H15N3O/c1-8-6-10-4-3-9(2)5-7(10)11/h8H,3-6H2,1-2H3. The van der Waals surface area contributed by atoms with E-state index in [0.29, 0.717) is 13.2 Å². The molecule has 0 unspecified atom stereocenters. The van der Waals surface area contributed by atoms with E-state index < -0.39 is 0 Å². The first-order valence-electron chi connectivity index (χ1n) is 3.85. The predicted octanol–water partition coefficient (Wildman–Crippen LogP) is -1.06. The molecular formula is C7H15N3O. The molecule has 0 radical (unpaired) electrons. The first kappa shape index (κ1) is 8.49. The first-order chi connectivity index (χ1) is 5.24. The second-order valence-corrected chi connectivity index (χ2v) is 2.91. The van der Waals surface area contributed by atoms with Crippen LogP contribution >= 0.6 is 0 Å². The fourth-order valence-electron chi connectivity index (χ4n) is 1.18. The molecule has 0 aromatic carbocycles. The minimum atomic E-state index is 0.216. The van der Waals surface area contributed by atoms with E-state index in [1.54, 1.807) is 0 Å². The molecule has 1 aliphatic heterocycles. The second kappa shape index (κ2) is 3.69. The van der Waals surface area contributed by atoms with Gasteiger partial charge in [-0.15, -0.1) is 0 Å². The normalized spacial score (nSPS) is 20.9. The molecule has 0 aliphatic carbocycles. The van der Waals surface area contributed by atoms with Gasteiger partial charge in [0.25, 0.3) is 0 Å². The smallest absolute Gasteiger partial charge is 0.237 e. The highest BCUT2D eigenvalue weighted by Gasteiger charge is 2.19. The van der Waals surface area contributed by atoms with Crippen LogP contribution in [0.2, 0.25) is 0 Å². The van der Waals surface area contributed by atoms with Crippen molar-refractivity contribution in [3.8, 4) is 0 Å². The van der Waals surface area contributed by atoms with E-state index >= 15 is 0 Å². The molecule has 1 amide bonds. The molecule has 1 N–H and O–H groups in total. The molecule has 0 spiro atoms. The summed E-state index contributed by atoms with van der Waals surface area (Å²) in [6.07, 6.45) is 0. The van der Waals surface area contributed by atoms with Crippen molar-refractivity contribution >= 4 is 5.91 Å². The van der Waals surface area contributed by atoms with Crippen LogP contribution in [0.4, 0.5) is 0 Å². The van der Waals surface area contributed by atoms with E-state index in [-0.39, 0.29) is 5.91 Å². The molecular weight excluding hydrogens is 142 g/mol. The minimum absolute atomic E-state index is 0.216. The Hall–Kier alpha value is -0.610. The molecule has 4 nitrogen and oxygen atoms in total. The number of hydrogen-bond donors (Lipinski definition) is 1. The SMILES string of the molecule is CNCN1CCN(C)CC1=O. The Balaban J connectivity index is 2.38. The lowest BCUT2D eigenvalue weighted by atomic mass is 10.3. The van der Waals surface area contributed by atoms with Gasteiger partial charge in [-0.25, -0.2) is 0 Å². The van der Waals surface area contributed by atoms with Gasteiger partial charge in [-0.3, -0.25) is 9.69 Å². The number of piperazine rings is 1. The molecule has 0 bridgehead atoms. The highest BCUT2D eigenvalue weighted by Crippen LogP contribution is 1.98. The van der Waals surface area contributed by atoms with E-state index in [2.05, 4.69) is 5.32 Å². The largest absolute Gasteiger partial charge is 0.328 e. The van der Waals surface area contributed by atoms with Gasteiger partial charge in [-0.1, -0.05) is 0 Å². The zero-order valence-electron chi connectivity index (χ0n) is 7.13. The van der Waals surface area contributed by atoms with Crippen molar-refractivity contribution in [2.75, 3.05) is 40.4 Å². The van der Waals surface area contributed by atoms with Crippen molar-refractivity contribution in [1.82, 2.24) is 15.1 Å². The lowest BCUT2D eigenvalue weighted by Gasteiger charge is -2.31. The summed E-state index contributed by atoms with van der Waals surface area (Å²) < 4.78 is 0. The number of amides is 1. The molecule has 11 heavy (non-hydrogen) atoms. The van der Waals surface area contributed by atoms with E-state index in [1.807, 2.05) is 23.9 Å². The Kier molecular flexibility index (Phi) is 2.84. The number of carbonyl (C=O) groups is 1. The van der Waals surface area contributed by atoms with Crippen LogP contribution in [0.15, 0.2) is 0 Å². The van der Waals surface area contributed by atoms with Gasteiger partial charge < -0.3 is 10.2 Å². The van der Waals surface area contributed by atoms with Crippen molar-refractivity contribution < 1.29 is 4.79 Å². The van der Waals surface area contributed by atoms with Crippen LogP contribution in [0.25, 0.3) is 0 Å². The molecule has 0 aromatic rings. The third-order valence-corrected chi connectivity index (χ3v) is 1.86. The molecule has 0 aromatic heterocycles. The van der Waals surface area contributed by atoms with Gasteiger partial charge in [-0.2, -0.15) is 0 Å². The Morgan fingerprint density at radius 3 is 2.82 bits per heavy atom. The quantitative estimate of drug-likeness (QED) is 0.555. The second-order valence-electron chi connectivity index (χ2n) is 2.91. The number of likely N-dealkylation sites (N-methyl/N-ethyl adjacent to an activating group) is 1. The lowest BCUT2D eigenvalue weighted by molar-refractivity contribution is -0.135.